The quantitative estimate of drug-likeness (QED) is 0.714. The number of anilines is 1. The van der Waals surface area contributed by atoms with Crippen molar-refractivity contribution in [2.24, 2.45) is 17.8 Å². The van der Waals surface area contributed by atoms with Gasteiger partial charge in [0, 0.05) is 31.9 Å². The fraction of sp³-hybridized carbons (Fsp3) is 0.652. The Kier molecular flexibility index (Phi) is 5.77. The summed E-state index contributed by atoms with van der Waals surface area (Å²) in [7, 11) is 4.65. The monoisotopic (exact) mass is 416 g/mol. The van der Waals surface area contributed by atoms with Crippen molar-refractivity contribution in [3.63, 3.8) is 0 Å². The Hall–Kier alpha value is -2.12. The molecule has 4 rings (SSSR count). The van der Waals surface area contributed by atoms with Gasteiger partial charge in [0.05, 0.1) is 32.3 Å². The minimum atomic E-state index is -0.665. The summed E-state index contributed by atoms with van der Waals surface area (Å²) in [6.45, 7) is 4.26. The van der Waals surface area contributed by atoms with Crippen molar-refractivity contribution in [3.8, 4) is 5.75 Å². The molecule has 1 unspecified atom stereocenters. The number of ketones is 1. The van der Waals surface area contributed by atoms with Crippen LogP contribution in [0, 0.1) is 17.8 Å². The average Bonchev–Trinajstić information content (AvgIpc) is 3.28. The van der Waals surface area contributed by atoms with E-state index in [0.29, 0.717) is 23.8 Å². The molecule has 5 atom stereocenters. The Morgan fingerprint density at radius 2 is 2.13 bits per heavy atom. The van der Waals surface area contributed by atoms with Crippen molar-refractivity contribution < 1.29 is 23.8 Å². The minimum Gasteiger partial charge on any atom is -0.496 e. The maximum atomic E-state index is 13.7. The molecule has 0 aliphatic carbocycles. The Balaban J connectivity index is 1.68. The number of benzene rings is 1. The SMILES string of the molecule is CC[C@@H]1CN2CC[C@]3(Nc4cccc(OC)c4C3=O)[C@@H]2C[C@@H]1C(COC)C(=O)OC. The van der Waals surface area contributed by atoms with E-state index >= 15 is 0 Å². The lowest BCUT2D eigenvalue weighted by molar-refractivity contribution is -0.152. The fourth-order valence-electron chi connectivity index (χ4n) is 6.00. The number of ether oxygens (including phenoxy) is 3. The van der Waals surface area contributed by atoms with E-state index in [2.05, 4.69) is 17.1 Å². The van der Waals surface area contributed by atoms with Crippen LogP contribution in [0.2, 0.25) is 0 Å². The highest BCUT2D eigenvalue weighted by atomic mass is 16.5. The molecule has 0 bridgehead atoms. The zero-order valence-corrected chi connectivity index (χ0v) is 18.3. The molecule has 3 aliphatic rings. The third-order valence-corrected chi connectivity index (χ3v) is 7.50. The molecule has 2 fully saturated rings. The molecule has 164 valence electrons. The van der Waals surface area contributed by atoms with Crippen molar-refractivity contribution in [1.82, 2.24) is 4.90 Å². The number of nitrogens with one attached hydrogen (secondary N) is 1. The maximum Gasteiger partial charge on any atom is 0.311 e. The van der Waals surface area contributed by atoms with Crippen LogP contribution in [-0.2, 0) is 14.3 Å². The molecule has 1 aromatic carbocycles. The van der Waals surface area contributed by atoms with Crippen LogP contribution in [0.4, 0.5) is 5.69 Å². The highest BCUT2D eigenvalue weighted by Crippen LogP contribution is 2.50. The molecule has 1 N–H and O–H groups in total. The van der Waals surface area contributed by atoms with Gasteiger partial charge in [-0.1, -0.05) is 19.4 Å². The Labute approximate surface area is 178 Å². The number of hydrogen-bond donors (Lipinski definition) is 1. The van der Waals surface area contributed by atoms with Crippen LogP contribution < -0.4 is 10.1 Å². The number of piperidine rings is 1. The smallest absolute Gasteiger partial charge is 0.311 e. The van der Waals surface area contributed by atoms with Crippen molar-refractivity contribution >= 4 is 17.4 Å². The number of esters is 1. The van der Waals surface area contributed by atoms with E-state index in [9.17, 15) is 9.59 Å². The molecule has 0 radical (unpaired) electrons. The second-order valence-electron chi connectivity index (χ2n) is 8.72. The van der Waals surface area contributed by atoms with Gasteiger partial charge in [-0.05, 0) is 36.8 Å². The van der Waals surface area contributed by atoms with Crippen LogP contribution in [0.5, 0.6) is 5.75 Å². The molecular formula is C23H32N2O5. The summed E-state index contributed by atoms with van der Waals surface area (Å²) >= 11 is 0. The first kappa shape index (κ1) is 21.1. The van der Waals surface area contributed by atoms with Crippen molar-refractivity contribution in [2.45, 2.75) is 37.8 Å². The van der Waals surface area contributed by atoms with Crippen LogP contribution in [0.3, 0.4) is 0 Å². The zero-order chi connectivity index (χ0) is 21.5. The van der Waals surface area contributed by atoms with E-state index in [1.807, 2.05) is 18.2 Å². The van der Waals surface area contributed by atoms with Crippen molar-refractivity contribution in [2.75, 3.05) is 46.3 Å². The standard InChI is InChI=1S/C23H32N2O5/c1-5-14-12-25-10-9-23(19(25)11-15(14)16(13-28-2)22(27)30-4)21(26)20-17(24-23)7-6-8-18(20)29-3/h6-8,14-16,19,24H,5,9-13H2,1-4H3/t14-,15+,16?,19+,23+/m1/s1. The highest BCUT2D eigenvalue weighted by Gasteiger charge is 2.60. The second kappa shape index (κ2) is 8.19. The lowest BCUT2D eigenvalue weighted by Gasteiger charge is -2.46. The summed E-state index contributed by atoms with van der Waals surface area (Å²) in [5.41, 5.74) is 0.830. The molecule has 3 heterocycles. The van der Waals surface area contributed by atoms with Gasteiger partial charge in [0.15, 0.2) is 5.78 Å². The van der Waals surface area contributed by atoms with Gasteiger partial charge in [0.1, 0.15) is 11.3 Å². The van der Waals surface area contributed by atoms with Gasteiger partial charge in [0.25, 0.3) is 0 Å². The van der Waals surface area contributed by atoms with Crippen molar-refractivity contribution in [1.29, 1.82) is 0 Å². The van der Waals surface area contributed by atoms with Gasteiger partial charge >= 0.3 is 5.97 Å². The predicted molar refractivity (Wildman–Crippen MR) is 113 cm³/mol. The Morgan fingerprint density at radius 1 is 1.33 bits per heavy atom. The van der Waals surface area contributed by atoms with Gasteiger partial charge < -0.3 is 19.5 Å². The lowest BCUT2D eigenvalue weighted by atomic mass is 9.70. The summed E-state index contributed by atoms with van der Waals surface area (Å²) in [4.78, 5) is 28.7. The number of carbonyl (C=O) groups excluding carboxylic acids is 2. The van der Waals surface area contributed by atoms with E-state index in [1.54, 1.807) is 14.2 Å². The molecule has 1 aromatic rings. The molecular weight excluding hydrogens is 384 g/mol. The third-order valence-electron chi connectivity index (χ3n) is 7.50. The van der Waals surface area contributed by atoms with Gasteiger partial charge in [-0.25, -0.2) is 0 Å². The van der Waals surface area contributed by atoms with Crippen LogP contribution >= 0.6 is 0 Å². The summed E-state index contributed by atoms with van der Waals surface area (Å²) < 4.78 is 16.0. The molecule has 3 aliphatic heterocycles. The average molecular weight is 417 g/mol. The van der Waals surface area contributed by atoms with Crippen LogP contribution in [0.1, 0.15) is 36.5 Å². The first-order chi connectivity index (χ1) is 14.5. The molecule has 0 amide bonds. The van der Waals surface area contributed by atoms with E-state index < -0.39 is 5.54 Å². The Bertz CT molecular complexity index is 828. The van der Waals surface area contributed by atoms with E-state index in [-0.39, 0.29) is 29.6 Å². The molecule has 7 heteroatoms. The third kappa shape index (κ3) is 3.10. The molecule has 0 saturated carbocycles. The van der Waals surface area contributed by atoms with Gasteiger partial charge in [-0.15, -0.1) is 0 Å². The first-order valence-corrected chi connectivity index (χ1v) is 10.8. The van der Waals surface area contributed by atoms with Crippen LogP contribution in [0.25, 0.3) is 0 Å². The number of hydrogen-bond acceptors (Lipinski definition) is 7. The highest BCUT2D eigenvalue weighted by molar-refractivity contribution is 6.16. The molecule has 2 saturated heterocycles. The summed E-state index contributed by atoms with van der Waals surface area (Å²) in [6.07, 6.45) is 2.49. The fourth-order valence-corrected chi connectivity index (χ4v) is 6.00. The molecule has 30 heavy (non-hydrogen) atoms. The molecule has 7 nitrogen and oxygen atoms in total. The molecule has 1 spiro atoms. The van der Waals surface area contributed by atoms with Crippen molar-refractivity contribution in [3.05, 3.63) is 23.8 Å². The number of Topliss-reactive ketones (excluding diaryl/α,β-unsaturated/α-hetero) is 1. The molecule has 0 aromatic heterocycles. The van der Waals surface area contributed by atoms with E-state index in [4.69, 9.17) is 14.2 Å². The predicted octanol–water partition coefficient (Wildman–Crippen LogP) is 2.60. The van der Waals surface area contributed by atoms with Gasteiger partial charge in [-0.3, -0.25) is 14.5 Å². The van der Waals surface area contributed by atoms with Gasteiger partial charge in [-0.2, -0.15) is 0 Å². The summed E-state index contributed by atoms with van der Waals surface area (Å²) in [5.74, 6) is 0.654. The summed E-state index contributed by atoms with van der Waals surface area (Å²) in [6, 6.07) is 5.72. The van der Waals surface area contributed by atoms with E-state index in [0.717, 1.165) is 38.0 Å². The number of methoxy groups -OCH3 is 3. The number of fused-ring (bicyclic) bond motifs is 3. The largest absolute Gasteiger partial charge is 0.496 e. The normalized spacial score (nSPS) is 31.2. The summed E-state index contributed by atoms with van der Waals surface area (Å²) in [5, 5.41) is 3.58. The number of carbonyl (C=O) groups is 2. The zero-order valence-electron chi connectivity index (χ0n) is 18.3. The second-order valence-corrected chi connectivity index (χ2v) is 8.72. The lowest BCUT2D eigenvalue weighted by Crippen LogP contribution is -2.58. The van der Waals surface area contributed by atoms with Gasteiger partial charge in [0.2, 0.25) is 0 Å². The minimum absolute atomic E-state index is 0.0268. The first-order valence-electron chi connectivity index (χ1n) is 10.8. The number of nitrogens with zero attached hydrogens (tertiary/aromatic N) is 1. The topological polar surface area (TPSA) is 77.1 Å². The van der Waals surface area contributed by atoms with Crippen LogP contribution in [-0.4, -0.2) is 69.3 Å². The van der Waals surface area contributed by atoms with Crippen LogP contribution in [0.15, 0.2) is 18.2 Å². The number of rotatable bonds is 6. The Morgan fingerprint density at radius 3 is 2.80 bits per heavy atom. The maximum absolute atomic E-state index is 13.7. The van der Waals surface area contributed by atoms with E-state index in [1.165, 1.54) is 7.11 Å².